The van der Waals surface area contributed by atoms with Gasteiger partial charge in [0.25, 0.3) is 0 Å². The lowest BCUT2D eigenvalue weighted by Crippen LogP contribution is -2.13. The number of rotatable bonds is 5. The molecule has 0 aliphatic heterocycles. The molecule has 3 heterocycles. The Kier molecular flexibility index (Phi) is 5.74. The van der Waals surface area contributed by atoms with E-state index in [2.05, 4.69) is 25.0 Å². The molecule has 9 heteroatoms. The van der Waals surface area contributed by atoms with E-state index in [4.69, 9.17) is 16.0 Å². The van der Waals surface area contributed by atoms with Gasteiger partial charge in [0.1, 0.15) is 22.2 Å². The first kappa shape index (κ1) is 22.6. The molecular weight excluding hydrogens is 468 g/mol. The zero-order chi connectivity index (χ0) is 24.7. The van der Waals surface area contributed by atoms with Crippen LogP contribution in [-0.4, -0.2) is 15.1 Å². The molecule has 0 aliphatic rings. The summed E-state index contributed by atoms with van der Waals surface area (Å²) >= 11 is 6.09. The van der Waals surface area contributed by atoms with Crippen LogP contribution in [0, 0.1) is 13.8 Å². The standard InChI is InChI=1S/C26H21ClN4O4/c1-13-11-17(15(3)28-19-9-10-20(27)29-21(19)25-30-26(33)35-31-25)24-18(12-13)22(32)14(2)23(34-24)16-7-5-4-6-8-16/h4-12,15,28H,1-3H3,(H,30,31,33)/t15-/m1/s1. The van der Waals surface area contributed by atoms with Gasteiger partial charge in [0.2, 0.25) is 5.82 Å². The Morgan fingerprint density at radius 2 is 1.83 bits per heavy atom. The van der Waals surface area contributed by atoms with Gasteiger partial charge < -0.3 is 9.73 Å². The van der Waals surface area contributed by atoms with Crippen molar-refractivity contribution in [1.82, 2.24) is 15.1 Å². The Morgan fingerprint density at radius 1 is 1.06 bits per heavy atom. The van der Waals surface area contributed by atoms with E-state index in [1.54, 1.807) is 19.1 Å². The maximum absolute atomic E-state index is 13.3. The van der Waals surface area contributed by atoms with E-state index in [0.29, 0.717) is 33.7 Å². The third kappa shape index (κ3) is 4.24. The lowest BCUT2D eigenvalue weighted by atomic mass is 9.98. The normalized spacial score (nSPS) is 12.1. The van der Waals surface area contributed by atoms with Crippen molar-refractivity contribution in [2.75, 3.05) is 5.32 Å². The van der Waals surface area contributed by atoms with Crippen molar-refractivity contribution in [2.45, 2.75) is 26.8 Å². The highest BCUT2D eigenvalue weighted by atomic mass is 35.5. The highest BCUT2D eigenvalue weighted by Crippen LogP contribution is 2.34. The first-order chi connectivity index (χ1) is 16.8. The number of nitrogens with zero attached hydrogens (tertiary/aromatic N) is 2. The number of nitrogens with one attached hydrogen (secondary N) is 2. The summed E-state index contributed by atoms with van der Waals surface area (Å²) in [4.78, 5) is 31.6. The minimum absolute atomic E-state index is 0.0729. The van der Waals surface area contributed by atoms with E-state index < -0.39 is 5.76 Å². The minimum atomic E-state index is -0.698. The van der Waals surface area contributed by atoms with Crippen LogP contribution in [0.5, 0.6) is 0 Å². The Bertz CT molecular complexity index is 1670. The van der Waals surface area contributed by atoms with Crippen molar-refractivity contribution in [1.29, 1.82) is 0 Å². The molecule has 0 fully saturated rings. The molecule has 0 saturated heterocycles. The summed E-state index contributed by atoms with van der Waals surface area (Å²) in [7, 11) is 0. The molecule has 0 unspecified atom stereocenters. The third-order valence-corrected chi connectivity index (χ3v) is 6.00. The Morgan fingerprint density at radius 3 is 2.54 bits per heavy atom. The van der Waals surface area contributed by atoms with E-state index in [0.717, 1.165) is 16.7 Å². The first-order valence-corrected chi connectivity index (χ1v) is 11.3. The van der Waals surface area contributed by atoms with Crippen LogP contribution in [0.4, 0.5) is 5.69 Å². The van der Waals surface area contributed by atoms with Crippen molar-refractivity contribution in [3.8, 4) is 22.8 Å². The van der Waals surface area contributed by atoms with Gasteiger partial charge in [-0.15, -0.1) is 0 Å². The van der Waals surface area contributed by atoms with E-state index >= 15 is 0 Å². The topological polar surface area (TPSA) is 114 Å². The zero-order valence-electron chi connectivity index (χ0n) is 19.2. The predicted octanol–water partition coefficient (Wildman–Crippen LogP) is 5.64. The largest absolute Gasteiger partial charge is 0.455 e. The summed E-state index contributed by atoms with van der Waals surface area (Å²) in [6, 6.07) is 16.4. The summed E-state index contributed by atoms with van der Waals surface area (Å²) in [6.45, 7) is 5.66. The lowest BCUT2D eigenvalue weighted by Gasteiger charge is -2.20. The Labute approximate surface area is 204 Å². The second-order valence-electron chi connectivity index (χ2n) is 8.32. The first-order valence-electron chi connectivity index (χ1n) is 10.9. The molecule has 0 bridgehead atoms. The lowest BCUT2D eigenvalue weighted by molar-refractivity contribution is 0.388. The van der Waals surface area contributed by atoms with Gasteiger partial charge in [0.15, 0.2) is 5.43 Å². The minimum Gasteiger partial charge on any atom is -0.455 e. The van der Waals surface area contributed by atoms with Crippen LogP contribution in [0.1, 0.15) is 29.7 Å². The van der Waals surface area contributed by atoms with Gasteiger partial charge in [-0.3, -0.25) is 14.3 Å². The molecule has 0 aliphatic carbocycles. The highest BCUT2D eigenvalue weighted by molar-refractivity contribution is 6.29. The summed E-state index contributed by atoms with van der Waals surface area (Å²) in [5, 5.41) is 7.87. The van der Waals surface area contributed by atoms with Crippen LogP contribution in [0.3, 0.4) is 0 Å². The van der Waals surface area contributed by atoms with E-state index in [-0.39, 0.29) is 22.4 Å². The molecule has 3 aromatic heterocycles. The van der Waals surface area contributed by atoms with Crippen LogP contribution in [-0.2, 0) is 0 Å². The van der Waals surface area contributed by atoms with E-state index in [1.807, 2.05) is 56.3 Å². The molecule has 176 valence electrons. The van der Waals surface area contributed by atoms with Crippen LogP contribution >= 0.6 is 11.6 Å². The fourth-order valence-electron chi connectivity index (χ4n) is 4.13. The van der Waals surface area contributed by atoms with Gasteiger partial charge in [0, 0.05) is 16.7 Å². The SMILES string of the molecule is Cc1cc([C@@H](C)Nc2ccc(Cl)nc2-c2noc(=O)[nH]2)c2oc(-c3ccccc3)c(C)c(=O)c2c1. The smallest absolute Gasteiger partial charge is 0.439 e. The molecule has 0 amide bonds. The van der Waals surface area contributed by atoms with Crippen LogP contribution in [0.2, 0.25) is 5.15 Å². The number of aryl methyl sites for hydroxylation is 1. The molecule has 5 rings (SSSR count). The predicted molar refractivity (Wildman–Crippen MR) is 135 cm³/mol. The summed E-state index contributed by atoms with van der Waals surface area (Å²) in [6.07, 6.45) is 0. The second kappa shape index (κ2) is 8.88. The Hall–Kier alpha value is -4.17. The summed E-state index contributed by atoms with van der Waals surface area (Å²) in [5.74, 6) is -0.0136. The maximum Gasteiger partial charge on any atom is 0.439 e. The monoisotopic (exact) mass is 488 g/mol. The average molecular weight is 489 g/mol. The second-order valence-corrected chi connectivity index (χ2v) is 8.71. The fraction of sp³-hybridized carbons (Fsp3) is 0.154. The summed E-state index contributed by atoms with van der Waals surface area (Å²) in [5.41, 5.74) is 4.43. The Balaban J connectivity index is 1.65. The molecule has 1 atom stereocenters. The summed E-state index contributed by atoms with van der Waals surface area (Å²) < 4.78 is 11.0. The van der Waals surface area contributed by atoms with Crippen molar-refractivity contribution < 1.29 is 8.94 Å². The van der Waals surface area contributed by atoms with Crippen molar-refractivity contribution in [3.63, 3.8) is 0 Å². The number of aromatic nitrogens is 3. The molecular formula is C26H21ClN4O4. The number of halogens is 1. The third-order valence-electron chi connectivity index (χ3n) is 5.79. The molecule has 2 N–H and O–H groups in total. The number of benzene rings is 2. The van der Waals surface area contributed by atoms with Gasteiger partial charge in [-0.2, -0.15) is 0 Å². The molecule has 2 aromatic carbocycles. The van der Waals surface area contributed by atoms with Crippen molar-refractivity contribution in [2.24, 2.45) is 0 Å². The average Bonchev–Trinajstić information content (AvgIpc) is 3.29. The number of fused-ring (bicyclic) bond motifs is 1. The number of hydrogen-bond acceptors (Lipinski definition) is 7. The van der Waals surface area contributed by atoms with E-state index in [1.165, 1.54) is 0 Å². The van der Waals surface area contributed by atoms with Crippen molar-refractivity contribution >= 4 is 28.3 Å². The number of hydrogen-bond donors (Lipinski definition) is 2. The molecule has 35 heavy (non-hydrogen) atoms. The fourth-order valence-corrected chi connectivity index (χ4v) is 4.28. The van der Waals surface area contributed by atoms with E-state index in [9.17, 15) is 9.59 Å². The van der Waals surface area contributed by atoms with Crippen LogP contribution in [0.25, 0.3) is 33.8 Å². The van der Waals surface area contributed by atoms with Crippen LogP contribution in [0.15, 0.2) is 73.1 Å². The quantitative estimate of drug-likeness (QED) is 0.307. The number of aromatic amines is 1. The van der Waals surface area contributed by atoms with Crippen LogP contribution < -0.4 is 16.5 Å². The molecule has 5 aromatic rings. The number of H-pyrrole nitrogens is 1. The van der Waals surface area contributed by atoms with Gasteiger partial charge in [-0.05, 0) is 44.5 Å². The zero-order valence-corrected chi connectivity index (χ0v) is 19.9. The van der Waals surface area contributed by atoms with Gasteiger partial charge in [-0.25, -0.2) is 9.78 Å². The van der Waals surface area contributed by atoms with Gasteiger partial charge >= 0.3 is 5.76 Å². The van der Waals surface area contributed by atoms with Gasteiger partial charge in [-0.1, -0.05) is 53.2 Å². The molecule has 0 radical (unpaired) electrons. The number of anilines is 1. The number of pyridine rings is 1. The maximum atomic E-state index is 13.3. The molecule has 0 spiro atoms. The van der Waals surface area contributed by atoms with Crippen molar-refractivity contribution in [3.05, 3.63) is 97.2 Å². The molecule has 8 nitrogen and oxygen atoms in total. The van der Waals surface area contributed by atoms with Gasteiger partial charge in [0.05, 0.1) is 17.1 Å². The molecule has 0 saturated carbocycles. The highest BCUT2D eigenvalue weighted by Gasteiger charge is 2.21.